The molecule has 1 aromatic rings. The molecule has 0 unspecified atom stereocenters. The van der Waals surface area contributed by atoms with Gasteiger partial charge in [-0.1, -0.05) is 147 Å². The second-order valence-electron chi connectivity index (χ2n) is 10.9. The zero-order chi connectivity index (χ0) is 25.8. The van der Waals surface area contributed by atoms with Gasteiger partial charge in [0.2, 0.25) is 5.91 Å². The lowest BCUT2D eigenvalue weighted by Crippen LogP contribution is -2.43. The third kappa shape index (κ3) is 11.9. The summed E-state index contributed by atoms with van der Waals surface area (Å²) in [5, 5.41) is 0. The molecular weight excluding hydrogens is 446 g/mol. The fourth-order valence-corrected chi connectivity index (χ4v) is 5.40. The highest BCUT2D eigenvalue weighted by atomic mass is 16.6. The van der Waals surface area contributed by atoms with E-state index in [4.69, 9.17) is 4.74 Å². The smallest absolute Gasteiger partial charge is 0.416 e. The number of carbonyl (C=O) groups is 2. The Morgan fingerprint density at radius 2 is 1.25 bits per heavy atom. The SMILES string of the molecule is CCCCCCCCCCCCC[C@@H](CCCCCCC)C(=O)N1C(=O)OC[C@@H]1Cc1ccccc1. The monoisotopic (exact) mass is 499 g/mol. The molecule has 0 spiro atoms. The molecule has 0 aromatic heterocycles. The average molecular weight is 500 g/mol. The van der Waals surface area contributed by atoms with Gasteiger partial charge in [-0.3, -0.25) is 4.79 Å². The summed E-state index contributed by atoms with van der Waals surface area (Å²) in [5.74, 6) is -0.0601. The minimum Gasteiger partial charge on any atom is -0.447 e. The van der Waals surface area contributed by atoms with Gasteiger partial charge in [0.1, 0.15) is 6.61 Å². The topological polar surface area (TPSA) is 46.6 Å². The van der Waals surface area contributed by atoms with Crippen LogP contribution in [0.5, 0.6) is 0 Å². The zero-order valence-corrected chi connectivity index (χ0v) is 23.4. The predicted molar refractivity (Wildman–Crippen MR) is 150 cm³/mol. The first-order valence-electron chi connectivity index (χ1n) is 15.2. The third-order valence-electron chi connectivity index (χ3n) is 7.67. The van der Waals surface area contributed by atoms with Crippen LogP contribution in [0, 0.1) is 5.92 Å². The molecule has 36 heavy (non-hydrogen) atoms. The van der Waals surface area contributed by atoms with Gasteiger partial charge in [-0.05, 0) is 24.8 Å². The molecule has 4 nitrogen and oxygen atoms in total. The number of amides is 2. The van der Waals surface area contributed by atoms with Crippen molar-refractivity contribution in [2.45, 2.75) is 142 Å². The van der Waals surface area contributed by atoms with Crippen molar-refractivity contribution in [3.05, 3.63) is 35.9 Å². The quantitative estimate of drug-likeness (QED) is 0.158. The van der Waals surface area contributed by atoms with Gasteiger partial charge < -0.3 is 4.74 Å². The van der Waals surface area contributed by atoms with Gasteiger partial charge in [-0.15, -0.1) is 0 Å². The van der Waals surface area contributed by atoms with Gasteiger partial charge >= 0.3 is 6.09 Å². The second-order valence-corrected chi connectivity index (χ2v) is 10.9. The largest absolute Gasteiger partial charge is 0.447 e. The van der Waals surface area contributed by atoms with Gasteiger partial charge in [-0.2, -0.15) is 0 Å². The molecule has 1 heterocycles. The van der Waals surface area contributed by atoms with Crippen molar-refractivity contribution in [1.82, 2.24) is 4.90 Å². The highest BCUT2D eigenvalue weighted by molar-refractivity contribution is 5.94. The molecule has 0 N–H and O–H groups in total. The summed E-state index contributed by atoms with van der Waals surface area (Å²) in [7, 11) is 0. The minimum absolute atomic E-state index is 0.000928. The van der Waals surface area contributed by atoms with Crippen molar-refractivity contribution in [3.63, 3.8) is 0 Å². The molecular formula is C32H53NO3. The molecule has 0 radical (unpaired) electrons. The molecule has 1 saturated heterocycles. The molecule has 0 bridgehead atoms. The number of hydrogen-bond donors (Lipinski definition) is 0. The van der Waals surface area contributed by atoms with Crippen LogP contribution in [0.1, 0.15) is 135 Å². The fourth-order valence-electron chi connectivity index (χ4n) is 5.40. The molecule has 1 aliphatic rings. The summed E-state index contributed by atoms with van der Waals surface area (Å²) < 4.78 is 5.36. The van der Waals surface area contributed by atoms with Crippen LogP contribution in [0.3, 0.4) is 0 Å². The van der Waals surface area contributed by atoms with Gasteiger partial charge in [0.05, 0.1) is 6.04 Å². The Bertz CT molecular complexity index is 705. The van der Waals surface area contributed by atoms with Crippen LogP contribution in [0.15, 0.2) is 30.3 Å². The summed E-state index contributed by atoms with van der Waals surface area (Å²) in [4.78, 5) is 27.7. The maximum atomic E-state index is 13.6. The molecule has 204 valence electrons. The Morgan fingerprint density at radius 3 is 1.75 bits per heavy atom. The van der Waals surface area contributed by atoms with Crippen LogP contribution in [0.4, 0.5) is 4.79 Å². The van der Waals surface area contributed by atoms with E-state index in [1.165, 1.54) is 94.8 Å². The van der Waals surface area contributed by atoms with E-state index >= 15 is 0 Å². The summed E-state index contributed by atoms with van der Waals surface area (Å²) >= 11 is 0. The van der Waals surface area contributed by atoms with Crippen molar-refractivity contribution < 1.29 is 14.3 Å². The van der Waals surface area contributed by atoms with E-state index in [2.05, 4.69) is 26.0 Å². The Balaban J connectivity index is 1.80. The second kappa shape index (κ2) is 19.3. The van der Waals surface area contributed by atoms with E-state index < -0.39 is 6.09 Å². The number of ether oxygens (including phenoxy) is 1. The Hall–Kier alpha value is -1.84. The van der Waals surface area contributed by atoms with Crippen molar-refractivity contribution in [2.75, 3.05) is 6.61 Å². The molecule has 0 aliphatic carbocycles. The molecule has 1 aliphatic heterocycles. The maximum Gasteiger partial charge on any atom is 0.416 e. The third-order valence-corrected chi connectivity index (χ3v) is 7.67. The van der Waals surface area contributed by atoms with Crippen molar-refractivity contribution in [3.8, 4) is 0 Å². The highest BCUT2D eigenvalue weighted by Crippen LogP contribution is 2.26. The molecule has 2 amide bonds. The summed E-state index contributed by atoms with van der Waals surface area (Å²) in [6.45, 7) is 4.80. The van der Waals surface area contributed by atoms with Crippen LogP contribution in [0.25, 0.3) is 0 Å². The van der Waals surface area contributed by atoms with Crippen LogP contribution in [-0.4, -0.2) is 29.5 Å². The lowest BCUT2D eigenvalue weighted by molar-refractivity contribution is -0.134. The van der Waals surface area contributed by atoms with Crippen LogP contribution >= 0.6 is 0 Å². The van der Waals surface area contributed by atoms with E-state index in [1.807, 2.05) is 18.2 Å². The number of benzene rings is 1. The first-order valence-corrected chi connectivity index (χ1v) is 15.2. The van der Waals surface area contributed by atoms with Crippen molar-refractivity contribution in [1.29, 1.82) is 0 Å². The van der Waals surface area contributed by atoms with E-state index in [-0.39, 0.29) is 17.9 Å². The number of carbonyl (C=O) groups excluding carboxylic acids is 2. The van der Waals surface area contributed by atoms with Gasteiger partial charge in [0.15, 0.2) is 0 Å². The number of rotatable bonds is 21. The normalized spacial score (nSPS) is 16.3. The minimum atomic E-state index is -0.448. The molecule has 2 rings (SSSR count). The lowest BCUT2D eigenvalue weighted by Gasteiger charge is -2.25. The number of hydrogen-bond acceptors (Lipinski definition) is 3. The number of cyclic esters (lactones) is 1. The Labute approximate surface area is 221 Å². The highest BCUT2D eigenvalue weighted by Gasteiger charge is 2.40. The molecule has 0 saturated carbocycles. The number of unbranched alkanes of at least 4 members (excludes halogenated alkanes) is 14. The van der Waals surface area contributed by atoms with Crippen LogP contribution in [-0.2, 0) is 16.0 Å². The number of nitrogens with zero attached hydrogens (tertiary/aromatic N) is 1. The Kier molecular flexibility index (Phi) is 16.3. The van der Waals surface area contributed by atoms with E-state index in [1.54, 1.807) is 0 Å². The maximum absolute atomic E-state index is 13.6. The van der Waals surface area contributed by atoms with Crippen molar-refractivity contribution >= 4 is 12.0 Å². The lowest BCUT2D eigenvalue weighted by atomic mass is 9.92. The summed E-state index contributed by atoms with van der Waals surface area (Å²) in [5.41, 5.74) is 1.14. The van der Waals surface area contributed by atoms with Gasteiger partial charge in [-0.25, -0.2) is 9.69 Å². The summed E-state index contributed by atoms with van der Waals surface area (Å²) in [6, 6.07) is 9.93. The first-order chi connectivity index (χ1) is 17.7. The van der Waals surface area contributed by atoms with Crippen LogP contribution < -0.4 is 0 Å². The van der Waals surface area contributed by atoms with E-state index in [0.717, 1.165) is 31.2 Å². The molecule has 4 heteroatoms. The molecule has 1 fully saturated rings. The average Bonchev–Trinajstić information content (AvgIpc) is 3.25. The standard InChI is InChI=1S/C32H53NO3/c1-3-5-7-9-10-11-12-13-14-16-21-25-29(24-20-15-8-6-4-2)31(34)33-30(27-36-32(33)35)26-28-22-18-17-19-23-28/h17-19,22-23,29-30H,3-16,20-21,24-27H2,1-2H3/t29-,30+/m1/s1. The predicted octanol–water partition coefficient (Wildman–Crippen LogP) is 9.25. The fraction of sp³-hybridized carbons (Fsp3) is 0.750. The molecule has 2 atom stereocenters. The molecule has 1 aromatic carbocycles. The van der Waals surface area contributed by atoms with E-state index in [0.29, 0.717) is 13.0 Å². The van der Waals surface area contributed by atoms with Crippen LogP contribution in [0.2, 0.25) is 0 Å². The van der Waals surface area contributed by atoms with Crippen molar-refractivity contribution in [2.24, 2.45) is 5.92 Å². The van der Waals surface area contributed by atoms with Gasteiger partial charge in [0, 0.05) is 5.92 Å². The van der Waals surface area contributed by atoms with Gasteiger partial charge in [0.25, 0.3) is 0 Å². The van der Waals surface area contributed by atoms with E-state index in [9.17, 15) is 9.59 Å². The Morgan fingerprint density at radius 1 is 0.778 bits per heavy atom. The number of imide groups is 1. The zero-order valence-electron chi connectivity index (χ0n) is 23.4. The summed E-state index contributed by atoms with van der Waals surface area (Å²) in [6.07, 6.45) is 22.3. The first kappa shape index (κ1) is 30.4.